The fourth-order valence-electron chi connectivity index (χ4n) is 4.40. The third kappa shape index (κ3) is 4.15. The van der Waals surface area contributed by atoms with E-state index in [4.69, 9.17) is 27.9 Å². The Bertz CT molecular complexity index is 1460. The van der Waals surface area contributed by atoms with Crippen LogP contribution < -0.4 is 15.0 Å². The van der Waals surface area contributed by atoms with Crippen molar-refractivity contribution in [2.45, 2.75) is 12.5 Å². The molecule has 178 valence electrons. The highest BCUT2D eigenvalue weighted by Crippen LogP contribution is 2.39. The number of hydrogen-bond acceptors (Lipinski definition) is 5. The summed E-state index contributed by atoms with van der Waals surface area (Å²) in [4.78, 5) is 23.9. The van der Waals surface area contributed by atoms with Gasteiger partial charge < -0.3 is 15.0 Å². The smallest absolute Gasteiger partial charge is 0.255 e. The summed E-state index contributed by atoms with van der Waals surface area (Å²) < 4.78 is 20.9. The van der Waals surface area contributed by atoms with Gasteiger partial charge >= 0.3 is 0 Å². The topological polar surface area (TPSA) is 67.4 Å². The molecule has 1 amide bonds. The first-order valence-electron chi connectivity index (χ1n) is 11.0. The Morgan fingerprint density at radius 3 is 2.71 bits per heavy atom. The number of nitrogens with zero attached hydrogens (tertiary/aromatic N) is 3. The minimum atomic E-state index is -0.593. The van der Waals surface area contributed by atoms with Crippen molar-refractivity contribution in [1.29, 1.82) is 0 Å². The maximum Gasteiger partial charge on any atom is 0.255 e. The highest BCUT2D eigenvalue weighted by Gasteiger charge is 2.27. The van der Waals surface area contributed by atoms with Gasteiger partial charge in [-0.1, -0.05) is 53.5 Å². The van der Waals surface area contributed by atoms with Crippen LogP contribution in [0.15, 0.2) is 54.9 Å². The van der Waals surface area contributed by atoms with Gasteiger partial charge in [-0.2, -0.15) is 0 Å². The summed E-state index contributed by atoms with van der Waals surface area (Å²) in [6.45, 7) is 0.489. The van der Waals surface area contributed by atoms with Gasteiger partial charge in [0.15, 0.2) is 5.82 Å². The molecule has 3 heterocycles. The molecule has 1 unspecified atom stereocenters. The highest BCUT2D eigenvalue weighted by atomic mass is 35.5. The molecule has 2 aromatic carbocycles. The molecule has 1 N–H and O–H groups in total. The van der Waals surface area contributed by atoms with Gasteiger partial charge in [-0.3, -0.25) is 14.8 Å². The van der Waals surface area contributed by atoms with Crippen molar-refractivity contribution in [2.75, 3.05) is 25.6 Å². The number of hydrogen-bond donors (Lipinski definition) is 1. The lowest BCUT2D eigenvalue weighted by Crippen LogP contribution is -2.33. The van der Waals surface area contributed by atoms with Crippen molar-refractivity contribution in [1.82, 2.24) is 15.3 Å². The Morgan fingerprint density at radius 1 is 1.11 bits per heavy atom. The summed E-state index contributed by atoms with van der Waals surface area (Å²) in [6.07, 6.45) is 3.18. The summed E-state index contributed by atoms with van der Waals surface area (Å²) in [5, 5.41) is 3.89. The van der Waals surface area contributed by atoms with Crippen LogP contribution in [-0.2, 0) is 0 Å². The zero-order chi connectivity index (χ0) is 24.7. The molecule has 4 aromatic rings. The summed E-state index contributed by atoms with van der Waals surface area (Å²) >= 11 is 12.6. The predicted molar refractivity (Wildman–Crippen MR) is 136 cm³/mol. The number of anilines is 1. The summed E-state index contributed by atoms with van der Waals surface area (Å²) in [5.41, 5.74) is 2.73. The van der Waals surface area contributed by atoms with Crippen molar-refractivity contribution < 1.29 is 13.9 Å². The zero-order valence-corrected chi connectivity index (χ0v) is 20.5. The molecule has 6 nitrogen and oxygen atoms in total. The van der Waals surface area contributed by atoms with E-state index in [-0.39, 0.29) is 28.4 Å². The number of amides is 1. The minimum absolute atomic E-state index is 0.177. The van der Waals surface area contributed by atoms with E-state index in [1.165, 1.54) is 6.20 Å². The summed E-state index contributed by atoms with van der Waals surface area (Å²) in [6, 6.07) is 12.5. The number of rotatable bonds is 4. The van der Waals surface area contributed by atoms with Crippen LogP contribution in [0.4, 0.5) is 10.1 Å². The Balaban J connectivity index is 1.63. The number of benzene rings is 2. The third-order valence-corrected chi connectivity index (χ3v) is 6.80. The van der Waals surface area contributed by atoms with E-state index in [0.717, 1.165) is 17.5 Å². The van der Waals surface area contributed by atoms with Crippen molar-refractivity contribution in [2.24, 2.45) is 0 Å². The second-order valence-corrected chi connectivity index (χ2v) is 9.18. The van der Waals surface area contributed by atoms with E-state index in [0.29, 0.717) is 40.0 Å². The molecule has 1 aliphatic rings. The van der Waals surface area contributed by atoms with Crippen LogP contribution in [0.3, 0.4) is 0 Å². The van der Waals surface area contributed by atoms with E-state index in [1.54, 1.807) is 37.2 Å². The van der Waals surface area contributed by atoms with Gasteiger partial charge in [0.25, 0.3) is 5.91 Å². The molecule has 5 rings (SSSR count). The lowest BCUT2D eigenvalue weighted by Gasteiger charge is -2.27. The fraction of sp³-hybridized carbons (Fsp3) is 0.192. The fourth-order valence-corrected chi connectivity index (χ4v) is 4.79. The van der Waals surface area contributed by atoms with Crippen molar-refractivity contribution in [3.05, 3.63) is 81.8 Å². The highest BCUT2D eigenvalue weighted by molar-refractivity contribution is 6.43. The molecule has 0 aliphatic carbocycles. The van der Waals surface area contributed by atoms with Crippen LogP contribution in [0, 0.1) is 5.82 Å². The minimum Gasteiger partial charge on any atom is -0.493 e. The van der Waals surface area contributed by atoms with Crippen LogP contribution >= 0.6 is 23.2 Å². The Hall–Kier alpha value is -3.42. The number of carbonyl (C=O) groups excluding carboxylic acids is 1. The molecule has 0 saturated carbocycles. The first kappa shape index (κ1) is 23.3. The number of nitrogens with one attached hydrogen (secondary N) is 1. The first-order valence-corrected chi connectivity index (χ1v) is 11.7. The molecule has 0 saturated heterocycles. The SMILES string of the molecule is CN(C)c1c(C(=O)NC2CCOc3ccccc32)cnc2c(-c3cccc(Cl)c3Cl)ncc(F)c12. The summed E-state index contributed by atoms with van der Waals surface area (Å²) in [5.74, 6) is -0.207. The number of para-hydroxylation sites is 1. The van der Waals surface area contributed by atoms with Crippen LogP contribution in [0.25, 0.3) is 22.2 Å². The first-order chi connectivity index (χ1) is 16.9. The number of pyridine rings is 2. The van der Waals surface area contributed by atoms with Crippen molar-refractivity contribution in [3.63, 3.8) is 0 Å². The van der Waals surface area contributed by atoms with Gasteiger partial charge in [-0.05, 0) is 12.1 Å². The standard InChI is InChI=1S/C26H21Cl2FN4O2/c1-33(2)25-16(26(34)32-19-10-11-35-20-9-4-3-6-14(19)20)12-30-24-21(25)18(29)13-31-23(24)15-7-5-8-17(27)22(15)28/h3-9,12-13,19H,10-11H2,1-2H3,(H,32,34). The van der Waals surface area contributed by atoms with Crippen molar-refractivity contribution in [3.8, 4) is 17.0 Å². The average molecular weight is 511 g/mol. The van der Waals surface area contributed by atoms with Gasteiger partial charge in [0, 0.05) is 37.8 Å². The largest absolute Gasteiger partial charge is 0.493 e. The Morgan fingerprint density at radius 2 is 1.91 bits per heavy atom. The van der Waals surface area contributed by atoms with Gasteiger partial charge in [-0.15, -0.1) is 0 Å². The molecular formula is C26H21Cl2FN4O2. The molecule has 0 fully saturated rings. The molecule has 1 atom stereocenters. The monoisotopic (exact) mass is 510 g/mol. The Kier molecular flexibility index (Phi) is 6.21. The number of carbonyl (C=O) groups is 1. The maximum absolute atomic E-state index is 15.2. The van der Waals surface area contributed by atoms with E-state index in [2.05, 4.69) is 15.3 Å². The predicted octanol–water partition coefficient (Wildman–Crippen LogP) is 6.06. The van der Waals surface area contributed by atoms with Gasteiger partial charge in [0.2, 0.25) is 0 Å². The van der Waals surface area contributed by atoms with E-state index in [9.17, 15) is 4.79 Å². The zero-order valence-electron chi connectivity index (χ0n) is 19.0. The molecule has 0 radical (unpaired) electrons. The lowest BCUT2D eigenvalue weighted by molar-refractivity contribution is 0.0925. The number of fused-ring (bicyclic) bond motifs is 2. The maximum atomic E-state index is 15.2. The molecule has 0 spiro atoms. The summed E-state index contributed by atoms with van der Waals surface area (Å²) in [7, 11) is 3.50. The molecule has 1 aliphatic heterocycles. The molecule has 35 heavy (non-hydrogen) atoms. The second-order valence-electron chi connectivity index (χ2n) is 8.40. The molecular weight excluding hydrogens is 490 g/mol. The van der Waals surface area contributed by atoms with Crippen molar-refractivity contribution >= 4 is 45.7 Å². The lowest BCUT2D eigenvalue weighted by atomic mass is 9.99. The van der Waals surface area contributed by atoms with Crippen LogP contribution in [0.2, 0.25) is 10.0 Å². The Labute approximate surface area is 211 Å². The van der Waals surface area contributed by atoms with Gasteiger partial charge in [-0.25, -0.2) is 4.39 Å². The van der Waals surface area contributed by atoms with Crippen LogP contribution in [0.5, 0.6) is 5.75 Å². The average Bonchev–Trinajstić information content (AvgIpc) is 2.86. The van der Waals surface area contributed by atoms with E-state index in [1.807, 2.05) is 24.3 Å². The molecule has 0 bridgehead atoms. The number of halogens is 3. The molecule has 9 heteroatoms. The number of aromatic nitrogens is 2. The van der Waals surface area contributed by atoms with Crippen LogP contribution in [0.1, 0.15) is 28.4 Å². The third-order valence-electron chi connectivity index (χ3n) is 5.98. The quantitative estimate of drug-likeness (QED) is 0.361. The van der Waals surface area contributed by atoms with Gasteiger partial charge in [0.05, 0.1) is 51.2 Å². The molecule has 2 aromatic heterocycles. The van der Waals surface area contributed by atoms with Gasteiger partial charge in [0.1, 0.15) is 11.3 Å². The second kappa shape index (κ2) is 9.32. The normalized spacial score (nSPS) is 14.8. The van der Waals surface area contributed by atoms with E-state index < -0.39 is 5.82 Å². The van der Waals surface area contributed by atoms with Crippen LogP contribution in [-0.4, -0.2) is 36.6 Å². The van der Waals surface area contributed by atoms with E-state index >= 15 is 4.39 Å². The number of ether oxygens (including phenoxy) is 1.